The van der Waals surface area contributed by atoms with E-state index in [4.69, 9.17) is 18.9 Å². The van der Waals surface area contributed by atoms with Crippen molar-refractivity contribution in [1.82, 2.24) is 19.6 Å². The second kappa shape index (κ2) is 16.8. The number of carbonyl (C=O) groups is 3. The predicted molar refractivity (Wildman–Crippen MR) is 187 cm³/mol. The molecule has 49 heavy (non-hydrogen) atoms. The van der Waals surface area contributed by atoms with Gasteiger partial charge in [0.15, 0.2) is 12.1 Å². The summed E-state index contributed by atoms with van der Waals surface area (Å²) >= 11 is 0. The van der Waals surface area contributed by atoms with Gasteiger partial charge in [-0.3, -0.25) is 24.2 Å². The summed E-state index contributed by atoms with van der Waals surface area (Å²) in [7, 11) is 7.55. The lowest BCUT2D eigenvalue weighted by Crippen LogP contribution is -2.59. The molecule has 12 heteroatoms. The van der Waals surface area contributed by atoms with Gasteiger partial charge < -0.3 is 33.9 Å². The van der Waals surface area contributed by atoms with E-state index in [2.05, 4.69) is 23.8 Å². The van der Waals surface area contributed by atoms with Gasteiger partial charge in [0.2, 0.25) is 5.91 Å². The zero-order valence-corrected chi connectivity index (χ0v) is 32.0. The summed E-state index contributed by atoms with van der Waals surface area (Å²) in [5.41, 5.74) is -2.40. The third kappa shape index (κ3) is 9.42. The summed E-state index contributed by atoms with van der Waals surface area (Å²) in [6.07, 6.45) is 2.28. The van der Waals surface area contributed by atoms with Gasteiger partial charge in [-0.2, -0.15) is 0 Å². The zero-order valence-electron chi connectivity index (χ0n) is 32.0. The average Bonchev–Trinajstić information content (AvgIpc) is 3.56. The van der Waals surface area contributed by atoms with Crippen LogP contribution >= 0.6 is 0 Å². The molecule has 4 rings (SSSR count). The number of ketones is 1. The van der Waals surface area contributed by atoms with Crippen molar-refractivity contribution in [2.75, 3.05) is 74.1 Å². The molecule has 0 aliphatic carbocycles. The van der Waals surface area contributed by atoms with E-state index in [1.807, 2.05) is 37.7 Å². The largest absolute Gasteiger partial charge is 0.463 e. The lowest BCUT2D eigenvalue weighted by Gasteiger charge is -2.47. The maximum Gasteiger partial charge on any atom is 0.319 e. The van der Waals surface area contributed by atoms with E-state index in [0.29, 0.717) is 39.0 Å². The molecular weight excluding hydrogens is 628 g/mol. The van der Waals surface area contributed by atoms with Gasteiger partial charge in [0.1, 0.15) is 18.1 Å². The summed E-state index contributed by atoms with van der Waals surface area (Å²) in [6, 6.07) is -0.253. The number of aliphatic hydroxyl groups is 1. The first-order chi connectivity index (χ1) is 23.0. The molecule has 0 aromatic carbocycles. The van der Waals surface area contributed by atoms with Crippen LogP contribution in [0.15, 0.2) is 0 Å². The molecule has 4 fully saturated rings. The molecule has 4 aliphatic heterocycles. The number of cyclic esters (lactones) is 1. The van der Waals surface area contributed by atoms with Crippen molar-refractivity contribution >= 4 is 17.7 Å². The van der Waals surface area contributed by atoms with Crippen LogP contribution in [-0.4, -0.2) is 159 Å². The highest BCUT2D eigenvalue weighted by Gasteiger charge is 2.51. The van der Waals surface area contributed by atoms with Crippen LogP contribution in [0.3, 0.4) is 0 Å². The van der Waals surface area contributed by atoms with Crippen LogP contribution in [-0.2, 0) is 33.3 Å². The van der Waals surface area contributed by atoms with Gasteiger partial charge in [0.05, 0.1) is 24.4 Å². The Balaban J connectivity index is 1.56. The number of piperidine rings is 1. The molecule has 1 N–H and O–H groups in total. The highest BCUT2D eigenvalue weighted by atomic mass is 16.7. The highest BCUT2D eigenvalue weighted by molar-refractivity contribution is 6.04. The number of esters is 1. The van der Waals surface area contributed by atoms with Crippen molar-refractivity contribution < 1.29 is 38.4 Å². The third-order valence-corrected chi connectivity index (χ3v) is 11.9. The Hall–Kier alpha value is -1.67. The maximum absolute atomic E-state index is 14.3. The van der Waals surface area contributed by atoms with Crippen LogP contribution in [0.25, 0.3) is 0 Å². The molecule has 4 aliphatic rings. The Morgan fingerprint density at radius 2 is 1.67 bits per heavy atom. The summed E-state index contributed by atoms with van der Waals surface area (Å²) < 4.78 is 25.1. The number of likely N-dealkylation sites (N-methyl/N-ethyl adjacent to an activating group) is 2. The maximum atomic E-state index is 14.3. The van der Waals surface area contributed by atoms with Crippen LogP contribution in [0, 0.1) is 23.2 Å². The van der Waals surface area contributed by atoms with E-state index < -0.39 is 41.4 Å². The minimum Gasteiger partial charge on any atom is -0.463 e. The second-order valence-electron chi connectivity index (χ2n) is 16.5. The van der Waals surface area contributed by atoms with Crippen LogP contribution < -0.4 is 0 Å². The molecular formula is C37H66N4O8. The van der Waals surface area contributed by atoms with Crippen molar-refractivity contribution in [2.24, 2.45) is 23.2 Å². The third-order valence-electron chi connectivity index (χ3n) is 11.9. The van der Waals surface area contributed by atoms with Crippen molar-refractivity contribution in [3.8, 4) is 0 Å². The number of likely N-dealkylation sites (tertiary alicyclic amines) is 2. The molecule has 0 unspecified atom stereocenters. The number of hydrogen-bond donors (Lipinski definition) is 1. The molecule has 0 aromatic heterocycles. The first-order valence-corrected chi connectivity index (χ1v) is 18.6. The first-order valence-electron chi connectivity index (χ1n) is 18.6. The van der Waals surface area contributed by atoms with Crippen molar-refractivity contribution in [2.45, 2.75) is 122 Å². The fourth-order valence-electron chi connectivity index (χ4n) is 8.83. The van der Waals surface area contributed by atoms with E-state index in [9.17, 15) is 19.5 Å². The van der Waals surface area contributed by atoms with Gasteiger partial charge >= 0.3 is 5.97 Å². The Kier molecular flexibility index (Phi) is 13.7. The summed E-state index contributed by atoms with van der Waals surface area (Å²) in [5.74, 6) is -1.11. The quantitative estimate of drug-likeness (QED) is 0.313. The van der Waals surface area contributed by atoms with Crippen LogP contribution in [0.2, 0.25) is 0 Å². The Bertz CT molecular complexity index is 1120. The van der Waals surface area contributed by atoms with E-state index in [0.717, 1.165) is 38.8 Å². The minimum absolute atomic E-state index is 0.0672. The Labute approximate surface area is 295 Å². The van der Waals surface area contributed by atoms with Crippen LogP contribution in [0.1, 0.15) is 80.1 Å². The summed E-state index contributed by atoms with van der Waals surface area (Å²) in [6.45, 7) is 15.8. The molecule has 0 radical (unpaired) electrons. The lowest BCUT2D eigenvalue weighted by atomic mass is 9.74. The average molecular weight is 695 g/mol. The molecule has 0 bridgehead atoms. The van der Waals surface area contributed by atoms with Gasteiger partial charge in [0.25, 0.3) is 0 Å². The topological polar surface area (TPSA) is 121 Å². The molecule has 12 nitrogen and oxygen atoms in total. The first kappa shape index (κ1) is 40.1. The number of amides is 1. The van der Waals surface area contributed by atoms with Crippen LogP contribution in [0.4, 0.5) is 0 Å². The molecule has 0 spiro atoms. The van der Waals surface area contributed by atoms with Crippen molar-refractivity contribution in [3.05, 3.63) is 0 Å². The molecule has 282 valence electrons. The number of rotatable bonds is 7. The monoisotopic (exact) mass is 694 g/mol. The minimum atomic E-state index is -1.45. The smallest absolute Gasteiger partial charge is 0.319 e. The van der Waals surface area contributed by atoms with E-state index in [1.165, 1.54) is 0 Å². The number of carbonyl (C=O) groups excluding carboxylic acids is 3. The number of Topliss-reactive ketones (excluding diaryl/α,β-unsaturated/α-hetero) is 1. The standard InChI is InChI=1S/C37H66N4O8/c1-24-20-37(6,46-10)33(49-34-31(43)28(38(7)8)19-25(2)48-34)26(3)32(44)36(4,5)35(45)47-23-29(39(9)21-24)27-13-17-41(18-14-27)30(42)22-40-15-11-12-16-40/h24-29,31,33-34,43H,11-23H2,1-10H3/t24-,25-,26+,28+,29+,31-,33-,34+,37-/m1/s1. The van der Waals surface area contributed by atoms with E-state index in [1.54, 1.807) is 27.9 Å². The number of hydrogen-bond acceptors (Lipinski definition) is 11. The molecule has 0 saturated carbocycles. The zero-order chi connectivity index (χ0) is 36.3. The molecule has 0 aromatic rings. The normalized spacial score (nSPS) is 38.2. The van der Waals surface area contributed by atoms with Gasteiger partial charge in [-0.15, -0.1) is 0 Å². The molecule has 4 heterocycles. The fraction of sp³-hybridized carbons (Fsp3) is 0.919. The number of nitrogens with zero attached hydrogens (tertiary/aromatic N) is 4. The van der Waals surface area contributed by atoms with Gasteiger partial charge in [-0.1, -0.05) is 13.8 Å². The highest BCUT2D eigenvalue weighted by Crippen LogP contribution is 2.39. The summed E-state index contributed by atoms with van der Waals surface area (Å²) in [5, 5.41) is 11.4. The molecule has 1 amide bonds. The van der Waals surface area contributed by atoms with Crippen molar-refractivity contribution in [1.29, 1.82) is 0 Å². The lowest BCUT2D eigenvalue weighted by molar-refractivity contribution is -0.295. The van der Waals surface area contributed by atoms with Gasteiger partial charge in [-0.25, -0.2) is 0 Å². The summed E-state index contributed by atoms with van der Waals surface area (Å²) in [4.78, 5) is 49.6. The van der Waals surface area contributed by atoms with Crippen molar-refractivity contribution in [3.63, 3.8) is 0 Å². The molecule has 4 saturated heterocycles. The molecule has 9 atom stereocenters. The van der Waals surface area contributed by atoms with Gasteiger partial charge in [-0.05, 0) is 112 Å². The number of methoxy groups -OCH3 is 1. The fourth-order valence-corrected chi connectivity index (χ4v) is 8.83. The SMILES string of the molecule is CO[C@]1(C)C[C@@H](C)CN(C)[C@H](C2CCN(C(=O)CN3CCCC3)CC2)COC(=O)C(C)(C)C(=O)[C@H](C)[C@H]1O[C@@H]1O[C@H](C)C[C@H](N(C)C)[C@H]1O. The van der Waals surface area contributed by atoms with E-state index >= 15 is 0 Å². The van der Waals surface area contributed by atoms with Gasteiger partial charge in [0, 0.05) is 44.7 Å². The Morgan fingerprint density at radius 1 is 1.04 bits per heavy atom. The predicted octanol–water partition coefficient (Wildman–Crippen LogP) is 2.65. The number of ether oxygens (including phenoxy) is 4. The number of aliphatic hydroxyl groups excluding tert-OH is 1. The Morgan fingerprint density at radius 3 is 2.27 bits per heavy atom. The van der Waals surface area contributed by atoms with E-state index in [-0.39, 0.29) is 48.3 Å². The second-order valence-corrected chi connectivity index (χ2v) is 16.5. The van der Waals surface area contributed by atoms with Crippen LogP contribution in [0.5, 0.6) is 0 Å².